The van der Waals surface area contributed by atoms with Gasteiger partial charge < -0.3 is 10.0 Å². The van der Waals surface area contributed by atoms with E-state index in [0.29, 0.717) is 0 Å². The number of hydrogen-bond acceptors (Lipinski definition) is 3. The molecule has 1 aliphatic heterocycles. The Morgan fingerprint density at radius 2 is 1.80 bits per heavy atom. The maximum Gasteiger partial charge on any atom is 0.338 e. The molecular weight excluding hydrogens is 259 g/mol. The summed E-state index contributed by atoms with van der Waals surface area (Å²) in [5.74, 6) is -1.90. The van der Waals surface area contributed by atoms with Gasteiger partial charge in [-0.25, -0.2) is 9.18 Å². The van der Waals surface area contributed by atoms with Crippen LogP contribution in [-0.4, -0.2) is 47.7 Å². The molecule has 4 nitrogen and oxygen atoms in total. The van der Waals surface area contributed by atoms with Crippen LogP contribution in [-0.2, 0) is 0 Å². The Bertz CT molecular complexity index is 503. The van der Waals surface area contributed by atoms with Crippen molar-refractivity contribution in [3.63, 3.8) is 0 Å². The Kier molecular flexibility index (Phi) is 3.99. The minimum Gasteiger partial charge on any atom is -0.478 e. The lowest BCUT2D eigenvalue weighted by molar-refractivity contribution is 0.0692. The van der Waals surface area contributed by atoms with Gasteiger partial charge in [0, 0.05) is 37.4 Å². The number of piperazine rings is 1. The molecule has 0 aromatic heterocycles. The number of hydrogen-bond donors (Lipinski definition) is 1. The third-order valence-electron chi connectivity index (χ3n) is 3.78. The van der Waals surface area contributed by atoms with Crippen LogP contribution >= 0.6 is 0 Å². The van der Waals surface area contributed by atoms with Crippen LogP contribution in [0.2, 0.25) is 0 Å². The molecule has 20 heavy (non-hydrogen) atoms. The summed E-state index contributed by atoms with van der Waals surface area (Å²) < 4.78 is 13.7. The molecule has 1 N–H and O–H groups in total. The zero-order valence-corrected chi connectivity index (χ0v) is 12.2. The monoisotopic (exact) mass is 280 g/mol. The van der Waals surface area contributed by atoms with Gasteiger partial charge in [-0.2, -0.15) is 0 Å². The van der Waals surface area contributed by atoms with Crippen LogP contribution in [0.15, 0.2) is 18.2 Å². The van der Waals surface area contributed by atoms with Crippen molar-refractivity contribution in [3.8, 4) is 0 Å². The molecule has 1 aliphatic rings. The number of aromatic carboxylic acids is 1. The first kappa shape index (κ1) is 14.8. The van der Waals surface area contributed by atoms with E-state index in [1.165, 1.54) is 12.1 Å². The third-order valence-corrected chi connectivity index (χ3v) is 3.78. The molecule has 0 amide bonds. The number of carboxylic acids is 1. The predicted molar refractivity (Wildman–Crippen MR) is 76.9 cm³/mol. The molecule has 0 atom stereocenters. The third kappa shape index (κ3) is 3.10. The van der Waals surface area contributed by atoms with Gasteiger partial charge in [0.25, 0.3) is 0 Å². The van der Waals surface area contributed by atoms with Crippen LogP contribution < -0.4 is 4.90 Å². The Balaban J connectivity index is 2.08. The number of carboxylic acid groups (broad SMARTS) is 1. The fraction of sp³-hybridized carbons (Fsp3) is 0.533. The van der Waals surface area contributed by atoms with E-state index in [-0.39, 0.29) is 11.1 Å². The summed E-state index contributed by atoms with van der Waals surface area (Å²) in [6.45, 7) is 10.0. The Hall–Kier alpha value is -1.62. The molecule has 110 valence electrons. The second-order valence-corrected chi connectivity index (χ2v) is 6.11. The van der Waals surface area contributed by atoms with Crippen molar-refractivity contribution in [2.45, 2.75) is 26.3 Å². The van der Waals surface area contributed by atoms with Crippen molar-refractivity contribution in [3.05, 3.63) is 29.6 Å². The predicted octanol–water partition coefficient (Wildman–Crippen LogP) is 2.44. The quantitative estimate of drug-likeness (QED) is 0.903. The minimum atomic E-state index is -1.23. The fourth-order valence-electron chi connectivity index (χ4n) is 2.51. The normalized spacial score (nSPS) is 17.3. The summed E-state index contributed by atoms with van der Waals surface area (Å²) in [6, 6.07) is 4.33. The van der Waals surface area contributed by atoms with Crippen molar-refractivity contribution in [2.75, 3.05) is 31.1 Å². The first-order chi connectivity index (χ1) is 9.29. The van der Waals surface area contributed by atoms with Crippen LogP contribution in [0.4, 0.5) is 10.1 Å². The van der Waals surface area contributed by atoms with Gasteiger partial charge in [-0.3, -0.25) is 4.90 Å². The number of nitrogens with zero attached hydrogens (tertiary/aromatic N) is 2. The zero-order chi connectivity index (χ0) is 14.9. The van der Waals surface area contributed by atoms with E-state index in [9.17, 15) is 9.18 Å². The average Bonchev–Trinajstić information content (AvgIpc) is 2.37. The van der Waals surface area contributed by atoms with Crippen LogP contribution in [0, 0.1) is 5.82 Å². The molecule has 1 heterocycles. The highest BCUT2D eigenvalue weighted by molar-refractivity contribution is 5.88. The topological polar surface area (TPSA) is 43.8 Å². The summed E-state index contributed by atoms with van der Waals surface area (Å²) in [6.07, 6.45) is 0. The number of rotatable bonds is 2. The lowest BCUT2D eigenvalue weighted by atomic mass is 10.0. The summed E-state index contributed by atoms with van der Waals surface area (Å²) in [5, 5.41) is 8.83. The molecule has 1 aromatic rings. The minimum absolute atomic E-state index is 0.143. The summed E-state index contributed by atoms with van der Waals surface area (Å²) in [7, 11) is 0. The second-order valence-electron chi connectivity index (χ2n) is 6.11. The number of halogens is 1. The molecule has 0 aliphatic carbocycles. The summed E-state index contributed by atoms with van der Waals surface area (Å²) in [5.41, 5.74) is 0.618. The van der Waals surface area contributed by atoms with Gasteiger partial charge >= 0.3 is 5.97 Å². The molecule has 0 bridgehead atoms. The lowest BCUT2D eigenvalue weighted by Gasteiger charge is -2.43. The first-order valence-electron chi connectivity index (χ1n) is 6.82. The van der Waals surface area contributed by atoms with Gasteiger partial charge in [0.05, 0.1) is 5.56 Å². The van der Waals surface area contributed by atoms with Gasteiger partial charge in [-0.05, 0) is 39.0 Å². The van der Waals surface area contributed by atoms with Crippen molar-refractivity contribution >= 4 is 11.7 Å². The summed E-state index contributed by atoms with van der Waals surface area (Å²) >= 11 is 0. The highest BCUT2D eigenvalue weighted by Gasteiger charge is 2.26. The van der Waals surface area contributed by atoms with E-state index in [1.54, 1.807) is 6.07 Å². The van der Waals surface area contributed by atoms with E-state index in [0.717, 1.165) is 31.9 Å². The lowest BCUT2D eigenvalue weighted by Crippen LogP contribution is -2.53. The van der Waals surface area contributed by atoms with Crippen molar-refractivity contribution in [1.29, 1.82) is 0 Å². The maximum atomic E-state index is 13.7. The van der Waals surface area contributed by atoms with E-state index >= 15 is 0 Å². The smallest absolute Gasteiger partial charge is 0.338 e. The van der Waals surface area contributed by atoms with Crippen LogP contribution in [0.25, 0.3) is 0 Å². The van der Waals surface area contributed by atoms with Crippen LogP contribution in [0.3, 0.4) is 0 Å². The molecule has 0 spiro atoms. The van der Waals surface area contributed by atoms with Crippen molar-refractivity contribution in [2.24, 2.45) is 0 Å². The number of benzene rings is 1. The highest BCUT2D eigenvalue weighted by atomic mass is 19.1. The van der Waals surface area contributed by atoms with Crippen molar-refractivity contribution in [1.82, 2.24) is 4.90 Å². The molecular formula is C15H21FN2O2. The second kappa shape index (κ2) is 5.40. The molecule has 1 aromatic carbocycles. The Morgan fingerprint density at radius 1 is 1.20 bits per heavy atom. The summed E-state index contributed by atoms with van der Waals surface area (Å²) in [4.78, 5) is 15.3. The van der Waals surface area contributed by atoms with Gasteiger partial charge in [0.2, 0.25) is 0 Å². The Morgan fingerprint density at radius 3 is 2.25 bits per heavy atom. The molecule has 2 rings (SSSR count). The zero-order valence-electron chi connectivity index (χ0n) is 12.2. The van der Waals surface area contributed by atoms with Crippen LogP contribution in [0.1, 0.15) is 31.1 Å². The molecule has 0 radical (unpaired) electrons. The van der Waals surface area contributed by atoms with E-state index in [2.05, 4.69) is 30.6 Å². The maximum absolute atomic E-state index is 13.7. The molecule has 0 unspecified atom stereocenters. The van der Waals surface area contributed by atoms with Crippen molar-refractivity contribution < 1.29 is 14.3 Å². The first-order valence-corrected chi connectivity index (χ1v) is 6.82. The Labute approximate surface area is 118 Å². The molecule has 1 saturated heterocycles. The standard InChI is InChI=1S/C15H21FN2O2/c1-15(2,3)18-8-6-17(7-9-18)11-4-5-12(14(19)20)13(16)10-11/h4-5,10H,6-9H2,1-3H3,(H,19,20). The number of carbonyl (C=O) groups is 1. The fourth-order valence-corrected chi connectivity index (χ4v) is 2.51. The van der Waals surface area contributed by atoms with E-state index in [4.69, 9.17) is 5.11 Å². The van der Waals surface area contributed by atoms with Crippen LogP contribution in [0.5, 0.6) is 0 Å². The highest BCUT2D eigenvalue weighted by Crippen LogP contribution is 2.22. The SMILES string of the molecule is CC(C)(C)N1CCN(c2ccc(C(=O)O)c(F)c2)CC1. The number of anilines is 1. The van der Waals surface area contributed by atoms with E-state index in [1.807, 2.05) is 0 Å². The van der Waals surface area contributed by atoms with E-state index < -0.39 is 11.8 Å². The van der Waals surface area contributed by atoms with Gasteiger partial charge in [0.1, 0.15) is 5.82 Å². The van der Waals surface area contributed by atoms with Gasteiger partial charge in [-0.15, -0.1) is 0 Å². The van der Waals surface area contributed by atoms with Gasteiger partial charge in [-0.1, -0.05) is 0 Å². The molecule has 5 heteroatoms. The molecule has 0 saturated carbocycles. The largest absolute Gasteiger partial charge is 0.478 e. The van der Waals surface area contributed by atoms with Gasteiger partial charge in [0.15, 0.2) is 0 Å². The average molecular weight is 280 g/mol. The molecule has 1 fully saturated rings.